The van der Waals surface area contributed by atoms with Crippen molar-refractivity contribution in [2.75, 3.05) is 5.32 Å². The molecule has 2 rings (SSSR count). The number of nitrogens with zero attached hydrogens (tertiary/aromatic N) is 1. The predicted molar refractivity (Wildman–Crippen MR) is 87.7 cm³/mol. The summed E-state index contributed by atoms with van der Waals surface area (Å²) in [6.07, 6.45) is 0.867. The molecule has 3 N–H and O–H groups in total. The molecule has 1 aromatic carbocycles. The third kappa shape index (κ3) is 4.12. The number of nitrogens with two attached hydrogens (primary N) is 1. The first-order valence-corrected chi connectivity index (χ1v) is 7.88. The van der Waals surface area contributed by atoms with Crippen molar-refractivity contribution in [2.45, 2.75) is 33.7 Å². The smallest absolute Gasteiger partial charge is 0.256 e. The van der Waals surface area contributed by atoms with Crippen LogP contribution < -0.4 is 11.1 Å². The normalized spacial score (nSPS) is 10.9. The van der Waals surface area contributed by atoms with Crippen LogP contribution in [0.2, 0.25) is 0 Å². The van der Waals surface area contributed by atoms with E-state index < -0.39 is 0 Å². The van der Waals surface area contributed by atoms with Crippen LogP contribution in [-0.4, -0.2) is 10.9 Å². The van der Waals surface area contributed by atoms with E-state index in [1.165, 1.54) is 11.3 Å². The van der Waals surface area contributed by atoms with E-state index in [-0.39, 0.29) is 5.91 Å². The molecule has 0 aliphatic carbocycles. The van der Waals surface area contributed by atoms with Crippen molar-refractivity contribution < 1.29 is 4.79 Å². The zero-order valence-electron chi connectivity index (χ0n) is 12.6. The van der Waals surface area contributed by atoms with Gasteiger partial charge in [0, 0.05) is 12.1 Å². The van der Waals surface area contributed by atoms with Crippen molar-refractivity contribution in [2.24, 2.45) is 11.7 Å². The van der Waals surface area contributed by atoms with Gasteiger partial charge in [0.25, 0.3) is 5.91 Å². The summed E-state index contributed by atoms with van der Waals surface area (Å²) in [4.78, 5) is 16.8. The standard InChI is InChI=1S/C16H21N3OS/c1-10(2)8-14-16(21-11(3)18-14)19-15(20)13-6-4-12(9-17)5-7-13/h4-7,10H,8-9,17H2,1-3H3,(H,19,20). The van der Waals surface area contributed by atoms with Gasteiger partial charge < -0.3 is 11.1 Å². The van der Waals surface area contributed by atoms with E-state index in [0.717, 1.165) is 27.7 Å². The second kappa shape index (κ2) is 6.83. The van der Waals surface area contributed by atoms with Gasteiger partial charge in [-0.1, -0.05) is 26.0 Å². The summed E-state index contributed by atoms with van der Waals surface area (Å²) in [6.45, 7) is 6.73. The second-order valence-corrected chi connectivity index (χ2v) is 6.67. The molecule has 4 nitrogen and oxygen atoms in total. The quantitative estimate of drug-likeness (QED) is 0.890. The van der Waals surface area contributed by atoms with E-state index >= 15 is 0 Å². The van der Waals surface area contributed by atoms with Gasteiger partial charge in [0.05, 0.1) is 10.7 Å². The fraction of sp³-hybridized carbons (Fsp3) is 0.375. The zero-order valence-corrected chi connectivity index (χ0v) is 13.5. The fourth-order valence-electron chi connectivity index (χ4n) is 2.06. The number of anilines is 1. The first-order valence-electron chi connectivity index (χ1n) is 7.06. The number of nitrogens with one attached hydrogen (secondary N) is 1. The van der Waals surface area contributed by atoms with Crippen LogP contribution in [0.5, 0.6) is 0 Å². The van der Waals surface area contributed by atoms with E-state index in [9.17, 15) is 4.79 Å². The SMILES string of the molecule is Cc1nc(CC(C)C)c(NC(=O)c2ccc(CN)cc2)s1. The van der Waals surface area contributed by atoms with Crippen molar-refractivity contribution >= 4 is 22.2 Å². The molecular formula is C16H21N3OS. The van der Waals surface area contributed by atoms with Gasteiger partial charge in [0.15, 0.2) is 0 Å². The lowest BCUT2D eigenvalue weighted by molar-refractivity contribution is 0.102. The average molecular weight is 303 g/mol. The Labute approximate surface area is 129 Å². The summed E-state index contributed by atoms with van der Waals surface area (Å²) in [7, 11) is 0. The molecule has 0 unspecified atom stereocenters. The first-order chi connectivity index (χ1) is 9.99. The number of benzene rings is 1. The maximum Gasteiger partial charge on any atom is 0.256 e. The van der Waals surface area contributed by atoms with Crippen LogP contribution >= 0.6 is 11.3 Å². The van der Waals surface area contributed by atoms with Crippen molar-refractivity contribution in [3.8, 4) is 0 Å². The number of hydrogen-bond donors (Lipinski definition) is 2. The van der Waals surface area contributed by atoms with Crippen molar-refractivity contribution in [1.82, 2.24) is 4.98 Å². The number of aromatic nitrogens is 1. The van der Waals surface area contributed by atoms with Crippen LogP contribution in [0.15, 0.2) is 24.3 Å². The Kier molecular flexibility index (Phi) is 5.09. The molecule has 0 atom stereocenters. The van der Waals surface area contributed by atoms with Gasteiger partial charge in [-0.15, -0.1) is 11.3 Å². The van der Waals surface area contributed by atoms with E-state index in [1.807, 2.05) is 19.1 Å². The zero-order chi connectivity index (χ0) is 15.4. The summed E-state index contributed by atoms with van der Waals surface area (Å²) < 4.78 is 0. The lowest BCUT2D eigenvalue weighted by Gasteiger charge is -2.07. The molecule has 112 valence electrons. The highest BCUT2D eigenvalue weighted by Crippen LogP contribution is 2.26. The monoisotopic (exact) mass is 303 g/mol. The van der Waals surface area contributed by atoms with Crippen LogP contribution in [0, 0.1) is 12.8 Å². The maximum absolute atomic E-state index is 12.3. The molecule has 0 spiro atoms. The number of hydrogen-bond acceptors (Lipinski definition) is 4. The Hall–Kier alpha value is -1.72. The van der Waals surface area contributed by atoms with Gasteiger partial charge in [0.2, 0.25) is 0 Å². The topological polar surface area (TPSA) is 68.0 Å². The van der Waals surface area contributed by atoms with Crippen molar-refractivity contribution in [1.29, 1.82) is 0 Å². The van der Waals surface area contributed by atoms with E-state index in [4.69, 9.17) is 5.73 Å². The maximum atomic E-state index is 12.3. The summed E-state index contributed by atoms with van der Waals surface area (Å²) in [5.74, 6) is 0.401. The van der Waals surface area contributed by atoms with Gasteiger partial charge in [-0.3, -0.25) is 4.79 Å². The van der Waals surface area contributed by atoms with Gasteiger partial charge in [-0.25, -0.2) is 4.98 Å². The molecule has 0 fully saturated rings. The number of amides is 1. The minimum absolute atomic E-state index is 0.104. The Morgan fingerprint density at radius 1 is 1.33 bits per heavy atom. The van der Waals surface area contributed by atoms with E-state index in [1.54, 1.807) is 12.1 Å². The van der Waals surface area contributed by atoms with Crippen LogP contribution in [0.3, 0.4) is 0 Å². The molecule has 0 saturated carbocycles. The number of aryl methyl sites for hydroxylation is 1. The lowest BCUT2D eigenvalue weighted by atomic mass is 10.1. The molecule has 1 aromatic heterocycles. The first kappa shape index (κ1) is 15.7. The predicted octanol–water partition coefficient (Wildman–Crippen LogP) is 3.36. The highest BCUT2D eigenvalue weighted by atomic mass is 32.1. The number of rotatable bonds is 5. The second-order valence-electron chi connectivity index (χ2n) is 5.46. The molecule has 0 saturated heterocycles. The van der Waals surface area contributed by atoms with Crippen LogP contribution in [0.1, 0.15) is 40.5 Å². The van der Waals surface area contributed by atoms with Gasteiger partial charge in [-0.2, -0.15) is 0 Å². The summed E-state index contributed by atoms with van der Waals surface area (Å²) >= 11 is 1.52. The molecular weight excluding hydrogens is 282 g/mol. The fourth-order valence-corrected chi connectivity index (χ4v) is 2.90. The Morgan fingerprint density at radius 3 is 2.57 bits per heavy atom. The number of thiazole rings is 1. The van der Waals surface area contributed by atoms with Crippen LogP contribution in [0.25, 0.3) is 0 Å². The Balaban J connectivity index is 2.14. The number of carbonyl (C=O) groups is 1. The minimum atomic E-state index is -0.104. The highest BCUT2D eigenvalue weighted by Gasteiger charge is 2.14. The van der Waals surface area contributed by atoms with Crippen molar-refractivity contribution in [3.63, 3.8) is 0 Å². The Morgan fingerprint density at radius 2 is 2.00 bits per heavy atom. The van der Waals surface area contributed by atoms with Crippen LogP contribution in [0.4, 0.5) is 5.00 Å². The highest BCUT2D eigenvalue weighted by molar-refractivity contribution is 7.16. The molecule has 0 radical (unpaired) electrons. The van der Waals surface area contributed by atoms with E-state index in [0.29, 0.717) is 18.0 Å². The average Bonchev–Trinajstić information content (AvgIpc) is 2.77. The molecule has 0 aliphatic rings. The summed E-state index contributed by atoms with van der Waals surface area (Å²) in [6, 6.07) is 7.35. The molecule has 1 amide bonds. The third-order valence-corrected chi connectivity index (χ3v) is 4.01. The van der Waals surface area contributed by atoms with Crippen LogP contribution in [-0.2, 0) is 13.0 Å². The molecule has 0 bridgehead atoms. The summed E-state index contributed by atoms with van der Waals surface area (Å²) in [5.41, 5.74) is 8.18. The van der Waals surface area contributed by atoms with Gasteiger partial charge >= 0.3 is 0 Å². The lowest BCUT2D eigenvalue weighted by Crippen LogP contribution is -2.13. The van der Waals surface area contributed by atoms with Crippen molar-refractivity contribution in [3.05, 3.63) is 46.1 Å². The largest absolute Gasteiger partial charge is 0.326 e. The van der Waals surface area contributed by atoms with Gasteiger partial charge in [0.1, 0.15) is 5.00 Å². The molecule has 2 aromatic rings. The molecule has 5 heteroatoms. The number of carbonyl (C=O) groups excluding carboxylic acids is 1. The summed E-state index contributed by atoms with van der Waals surface area (Å²) in [5, 5.41) is 4.80. The third-order valence-electron chi connectivity index (χ3n) is 3.08. The Bertz CT molecular complexity index is 617. The minimum Gasteiger partial charge on any atom is -0.326 e. The molecule has 0 aliphatic heterocycles. The molecule has 21 heavy (non-hydrogen) atoms. The van der Waals surface area contributed by atoms with Gasteiger partial charge in [-0.05, 0) is 37.0 Å². The van der Waals surface area contributed by atoms with E-state index in [2.05, 4.69) is 24.1 Å². The molecule has 1 heterocycles.